The van der Waals surface area contributed by atoms with Gasteiger partial charge >= 0.3 is 0 Å². The van der Waals surface area contributed by atoms with Crippen LogP contribution in [-0.4, -0.2) is 29.8 Å². The molecule has 0 N–H and O–H groups in total. The Balaban J connectivity index is 1.91. The van der Waals surface area contributed by atoms with Crippen LogP contribution >= 0.6 is 28.1 Å². The molecule has 2 rings (SSSR count). The largest absolute Gasteiger partial charge is 0.489 e. The van der Waals surface area contributed by atoms with Crippen molar-refractivity contribution in [2.24, 2.45) is 10.2 Å². The molecule has 0 radical (unpaired) electrons. The second-order valence-electron chi connectivity index (χ2n) is 3.35. The summed E-state index contributed by atoms with van der Waals surface area (Å²) in [6.45, 7) is 0.446. The Kier molecular flexibility index (Phi) is 3.50. The lowest BCUT2D eigenvalue weighted by molar-refractivity contribution is 0.229. The van der Waals surface area contributed by atoms with E-state index in [1.54, 1.807) is 0 Å². The molecule has 1 unspecified atom stereocenters. The van der Waals surface area contributed by atoms with Crippen LogP contribution in [0.15, 0.2) is 39.0 Å². The van der Waals surface area contributed by atoms with Gasteiger partial charge in [0, 0.05) is 11.5 Å². The van der Waals surface area contributed by atoms with E-state index in [1.165, 1.54) is 0 Å². The minimum Gasteiger partial charge on any atom is -0.489 e. The summed E-state index contributed by atoms with van der Waals surface area (Å²) < 4.78 is 6.61. The molecule has 0 saturated heterocycles. The minimum absolute atomic E-state index is 0.115. The van der Waals surface area contributed by atoms with Crippen LogP contribution in [0.2, 0.25) is 0 Å². The maximum absolute atomic E-state index is 5.59. The van der Waals surface area contributed by atoms with Crippen LogP contribution in [0.1, 0.15) is 0 Å². The number of hydrogen-bond acceptors (Lipinski definition) is 3. The van der Waals surface area contributed by atoms with Gasteiger partial charge in [-0.1, -0.05) is 15.9 Å². The molecule has 0 saturated carbocycles. The fraction of sp³-hybridized carbons (Fsp3) is 0.300. The molecule has 0 fully saturated rings. The molecular formula is C10H10BrN3OS. The van der Waals surface area contributed by atoms with Gasteiger partial charge in [0.05, 0.1) is 0 Å². The number of thiocarbonyl (C=S) groups is 1. The van der Waals surface area contributed by atoms with Crippen molar-refractivity contribution in [1.29, 1.82) is 0 Å². The Hall–Kier alpha value is -1.01. The molecule has 4 nitrogen and oxygen atoms in total. The van der Waals surface area contributed by atoms with Gasteiger partial charge in [-0.05, 0) is 36.5 Å². The van der Waals surface area contributed by atoms with Crippen molar-refractivity contribution in [3.05, 3.63) is 28.7 Å². The van der Waals surface area contributed by atoms with Gasteiger partial charge in [-0.2, -0.15) is 5.11 Å². The van der Waals surface area contributed by atoms with Crippen molar-refractivity contribution in [2.75, 3.05) is 13.7 Å². The second-order valence-corrected chi connectivity index (χ2v) is 4.64. The highest BCUT2D eigenvalue weighted by Gasteiger charge is 2.22. The fourth-order valence-electron chi connectivity index (χ4n) is 1.24. The van der Waals surface area contributed by atoms with E-state index < -0.39 is 0 Å². The topological polar surface area (TPSA) is 37.2 Å². The molecule has 84 valence electrons. The first-order valence-corrected chi connectivity index (χ1v) is 5.93. The predicted octanol–water partition coefficient (Wildman–Crippen LogP) is 2.84. The van der Waals surface area contributed by atoms with Crippen molar-refractivity contribution in [3.8, 4) is 5.75 Å². The smallest absolute Gasteiger partial charge is 0.217 e. The molecule has 1 aromatic rings. The molecule has 1 atom stereocenters. The Morgan fingerprint density at radius 2 is 2.12 bits per heavy atom. The summed E-state index contributed by atoms with van der Waals surface area (Å²) in [6.07, 6.45) is -0.115. The second kappa shape index (κ2) is 4.88. The highest BCUT2D eigenvalue weighted by atomic mass is 79.9. The zero-order valence-electron chi connectivity index (χ0n) is 8.63. The Labute approximate surface area is 107 Å². The summed E-state index contributed by atoms with van der Waals surface area (Å²) in [5, 5.41) is 8.33. The molecule has 0 bridgehead atoms. The van der Waals surface area contributed by atoms with E-state index in [-0.39, 0.29) is 6.17 Å². The lowest BCUT2D eigenvalue weighted by Crippen LogP contribution is -2.33. The van der Waals surface area contributed by atoms with E-state index >= 15 is 0 Å². The fourth-order valence-corrected chi connectivity index (χ4v) is 1.67. The van der Waals surface area contributed by atoms with Gasteiger partial charge in [0.2, 0.25) is 5.11 Å². The van der Waals surface area contributed by atoms with E-state index in [4.69, 9.17) is 17.0 Å². The lowest BCUT2D eigenvalue weighted by atomic mass is 10.3. The molecule has 1 aliphatic heterocycles. The third-order valence-electron chi connectivity index (χ3n) is 2.24. The lowest BCUT2D eigenvalue weighted by Gasteiger charge is -2.17. The van der Waals surface area contributed by atoms with Gasteiger partial charge in [0.15, 0.2) is 6.17 Å². The van der Waals surface area contributed by atoms with Gasteiger partial charge in [0.1, 0.15) is 12.4 Å². The number of ether oxygens (including phenoxy) is 1. The molecule has 0 amide bonds. The van der Waals surface area contributed by atoms with Crippen molar-refractivity contribution < 1.29 is 4.74 Å². The first-order chi connectivity index (χ1) is 7.66. The third kappa shape index (κ3) is 2.56. The van der Waals surface area contributed by atoms with Gasteiger partial charge in [0.25, 0.3) is 0 Å². The van der Waals surface area contributed by atoms with Gasteiger partial charge < -0.3 is 9.64 Å². The summed E-state index contributed by atoms with van der Waals surface area (Å²) in [6, 6.07) is 7.66. The monoisotopic (exact) mass is 299 g/mol. The highest BCUT2D eigenvalue weighted by molar-refractivity contribution is 9.10. The van der Waals surface area contributed by atoms with E-state index in [1.807, 2.05) is 36.2 Å². The highest BCUT2D eigenvalue weighted by Crippen LogP contribution is 2.18. The standard InChI is InChI=1S/C10H10BrN3OS/c1-14-9(12-13-10(14)16)6-15-8-4-2-7(11)3-5-8/h2-5,9H,6H2,1H3. The normalized spacial score (nSPS) is 19.2. The summed E-state index contributed by atoms with van der Waals surface area (Å²) >= 11 is 8.34. The van der Waals surface area contributed by atoms with Crippen LogP contribution in [0.4, 0.5) is 0 Å². The van der Waals surface area contributed by atoms with E-state index in [0.29, 0.717) is 11.7 Å². The maximum Gasteiger partial charge on any atom is 0.217 e. The number of rotatable bonds is 3. The molecule has 6 heteroatoms. The van der Waals surface area contributed by atoms with Crippen molar-refractivity contribution >= 4 is 33.3 Å². The first-order valence-electron chi connectivity index (χ1n) is 4.73. The summed E-state index contributed by atoms with van der Waals surface area (Å²) in [5.74, 6) is 0.810. The average Bonchev–Trinajstić information content (AvgIpc) is 2.60. The molecular weight excluding hydrogens is 290 g/mol. The Bertz CT molecular complexity index is 421. The molecule has 1 aliphatic rings. The summed E-state index contributed by atoms with van der Waals surface area (Å²) in [4.78, 5) is 1.81. The Morgan fingerprint density at radius 3 is 2.69 bits per heavy atom. The summed E-state index contributed by atoms with van der Waals surface area (Å²) in [5.41, 5.74) is 0. The number of azo groups is 1. The van der Waals surface area contributed by atoms with Crippen LogP contribution in [0.3, 0.4) is 0 Å². The van der Waals surface area contributed by atoms with Crippen LogP contribution in [0.25, 0.3) is 0 Å². The molecule has 1 aromatic carbocycles. The molecule has 1 heterocycles. The third-order valence-corrected chi connectivity index (χ3v) is 3.14. The van der Waals surface area contributed by atoms with Gasteiger partial charge in [-0.15, -0.1) is 5.11 Å². The number of nitrogens with zero attached hydrogens (tertiary/aromatic N) is 3. The molecule has 16 heavy (non-hydrogen) atoms. The molecule has 0 aromatic heterocycles. The maximum atomic E-state index is 5.59. The quantitative estimate of drug-likeness (QED) is 0.806. The number of hydrogen-bond donors (Lipinski definition) is 0. The summed E-state index contributed by atoms with van der Waals surface area (Å²) in [7, 11) is 1.86. The van der Waals surface area contributed by atoms with Crippen molar-refractivity contribution in [3.63, 3.8) is 0 Å². The van der Waals surface area contributed by atoms with Gasteiger partial charge in [-0.25, -0.2) is 0 Å². The molecule has 0 aliphatic carbocycles. The first kappa shape index (κ1) is 11.5. The number of likely N-dealkylation sites (N-methyl/N-ethyl adjacent to an activating group) is 1. The Morgan fingerprint density at radius 1 is 1.44 bits per heavy atom. The SMILES string of the molecule is CN1C(=S)N=NC1COc1ccc(Br)cc1. The molecule has 0 spiro atoms. The zero-order chi connectivity index (χ0) is 11.5. The number of benzene rings is 1. The van der Waals surface area contributed by atoms with Crippen molar-refractivity contribution in [2.45, 2.75) is 6.17 Å². The zero-order valence-corrected chi connectivity index (χ0v) is 11.0. The number of halogens is 1. The van der Waals surface area contributed by atoms with Crippen LogP contribution in [0.5, 0.6) is 5.75 Å². The predicted molar refractivity (Wildman–Crippen MR) is 68.6 cm³/mol. The van der Waals surface area contributed by atoms with Crippen molar-refractivity contribution in [1.82, 2.24) is 4.90 Å². The minimum atomic E-state index is -0.115. The van der Waals surface area contributed by atoms with Crippen LogP contribution in [-0.2, 0) is 0 Å². The van der Waals surface area contributed by atoms with Crippen LogP contribution in [0, 0.1) is 0 Å². The van der Waals surface area contributed by atoms with E-state index in [2.05, 4.69) is 26.2 Å². The average molecular weight is 300 g/mol. The van der Waals surface area contributed by atoms with Crippen LogP contribution < -0.4 is 4.74 Å². The van der Waals surface area contributed by atoms with E-state index in [0.717, 1.165) is 10.2 Å². The van der Waals surface area contributed by atoms with E-state index in [9.17, 15) is 0 Å². The van der Waals surface area contributed by atoms with Gasteiger partial charge in [-0.3, -0.25) is 0 Å².